The molecule has 2 heterocycles. The van der Waals surface area contributed by atoms with Gasteiger partial charge >= 0.3 is 6.36 Å². The standard InChI is InChI=1S/C17H11F3N2O3S/c18-17(19,20)25-9-5-6-12-14(7-9)26-16(21-12)22-15(23)11-8-24-13-4-2-1-3-10(11)13/h1-7,11H,8H2,(H,21,22,23). The van der Waals surface area contributed by atoms with Crippen LogP contribution in [0.3, 0.4) is 0 Å². The number of carbonyl (C=O) groups is 1. The Morgan fingerprint density at radius 1 is 1.27 bits per heavy atom. The molecule has 0 fully saturated rings. The van der Waals surface area contributed by atoms with Crippen LogP contribution in [0.5, 0.6) is 11.5 Å². The SMILES string of the molecule is O=C(Nc1nc2ccc(OC(F)(F)F)cc2s1)C1COc2ccccc21. The molecule has 1 aromatic heterocycles. The van der Waals surface area contributed by atoms with Crippen molar-refractivity contribution in [2.45, 2.75) is 12.3 Å². The molecule has 1 aliphatic heterocycles. The number of ether oxygens (including phenoxy) is 2. The second-order valence-electron chi connectivity index (χ2n) is 5.59. The molecule has 0 saturated heterocycles. The van der Waals surface area contributed by atoms with Gasteiger partial charge in [0, 0.05) is 11.6 Å². The Labute approximate surface area is 149 Å². The van der Waals surface area contributed by atoms with Gasteiger partial charge in [-0.2, -0.15) is 0 Å². The molecule has 0 saturated carbocycles. The first kappa shape index (κ1) is 16.6. The predicted molar refractivity (Wildman–Crippen MR) is 89.6 cm³/mol. The number of alkyl halides is 3. The van der Waals surface area contributed by atoms with Crippen molar-refractivity contribution in [3.8, 4) is 11.5 Å². The van der Waals surface area contributed by atoms with Crippen LogP contribution >= 0.6 is 11.3 Å². The van der Waals surface area contributed by atoms with Gasteiger partial charge in [-0.1, -0.05) is 29.5 Å². The van der Waals surface area contributed by atoms with Crippen molar-refractivity contribution < 1.29 is 27.4 Å². The first-order chi connectivity index (χ1) is 12.4. The lowest BCUT2D eigenvalue weighted by atomic mass is 10.0. The van der Waals surface area contributed by atoms with Gasteiger partial charge in [0.25, 0.3) is 0 Å². The summed E-state index contributed by atoms with van der Waals surface area (Å²) in [5, 5.41) is 3.01. The normalized spacial score (nSPS) is 16.2. The number of nitrogens with one attached hydrogen (secondary N) is 1. The minimum Gasteiger partial charge on any atom is -0.492 e. The zero-order valence-corrected chi connectivity index (χ0v) is 13.9. The number of anilines is 1. The minimum atomic E-state index is -4.76. The molecule has 26 heavy (non-hydrogen) atoms. The molecule has 1 aliphatic rings. The molecule has 1 unspecified atom stereocenters. The number of fused-ring (bicyclic) bond motifs is 2. The van der Waals surface area contributed by atoms with E-state index >= 15 is 0 Å². The summed E-state index contributed by atoms with van der Waals surface area (Å²) in [6.45, 7) is 0.236. The first-order valence-corrected chi connectivity index (χ1v) is 8.40. The average Bonchev–Trinajstić information content (AvgIpc) is 3.16. The van der Waals surface area contributed by atoms with E-state index in [0.717, 1.165) is 16.9 Å². The van der Waals surface area contributed by atoms with Gasteiger partial charge in [-0.25, -0.2) is 4.98 Å². The fourth-order valence-electron chi connectivity index (χ4n) is 2.73. The summed E-state index contributed by atoms with van der Waals surface area (Å²) in [6, 6.07) is 11.1. The molecule has 0 aliphatic carbocycles. The summed E-state index contributed by atoms with van der Waals surface area (Å²) < 4.78 is 46.8. The van der Waals surface area contributed by atoms with E-state index in [1.165, 1.54) is 18.2 Å². The molecule has 134 valence electrons. The van der Waals surface area contributed by atoms with E-state index in [1.807, 2.05) is 18.2 Å². The van der Waals surface area contributed by atoms with E-state index in [-0.39, 0.29) is 18.3 Å². The number of thiazole rings is 1. The Morgan fingerprint density at radius 2 is 2.08 bits per heavy atom. The number of aromatic nitrogens is 1. The third kappa shape index (κ3) is 3.30. The van der Waals surface area contributed by atoms with Gasteiger partial charge < -0.3 is 14.8 Å². The molecule has 0 radical (unpaired) electrons. The van der Waals surface area contributed by atoms with Crippen LogP contribution in [0.4, 0.5) is 18.3 Å². The molecule has 9 heteroatoms. The number of rotatable bonds is 3. The highest BCUT2D eigenvalue weighted by molar-refractivity contribution is 7.22. The number of hydrogen-bond donors (Lipinski definition) is 1. The second-order valence-corrected chi connectivity index (χ2v) is 6.62. The lowest BCUT2D eigenvalue weighted by Crippen LogP contribution is -2.22. The average molecular weight is 380 g/mol. The highest BCUT2D eigenvalue weighted by Gasteiger charge is 2.32. The number of carbonyl (C=O) groups excluding carboxylic acids is 1. The van der Waals surface area contributed by atoms with Gasteiger partial charge in [0.05, 0.1) is 10.2 Å². The van der Waals surface area contributed by atoms with Crippen LogP contribution in [-0.2, 0) is 4.79 Å². The van der Waals surface area contributed by atoms with E-state index in [4.69, 9.17) is 4.74 Å². The zero-order valence-electron chi connectivity index (χ0n) is 13.0. The van der Waals surface area contributed by atoms with Crippen molar-refractivity contribution in [1.29, 1.82) is 0 Å². The van der Waals surface area contributed by atoms with Crippen molar-refractivity contribution in [2.24, 2.45) is 0 Å². The van der Waals surface area contributed by atoms with Crippen LogP contribution in [0.1, 0.15) is 11.5 Å². The molecular weight excluding hydrogens is 369 g/mol. The van der Waals surface area contributed by atoms with Crippen molar-refractivity contribution in [3.63, 3.8) is 0 Å². The first-order valence-electron chi connectivity index (χ1n) is 7.58. The fraction of sp³-hybridized carbons (Fsp3) is 0.176. The third-order valence-corrected chi connectivity index (χ3v) is 4.77. The van der Waals surface area contributed by atoms with Crippen LogP contribution in [0.2, 0.25) is 0 Å². The largest absolute Gasteiger partial charge is 0.573 e. The summed E-state index contributed by atoms with van der Waals surface area (Å²) >= 11 is 1.07. The van der Waals surface area contributed by atoms with E-state index in [9.17, 15) is 18.0 Å². The van der Waals surface area contributed by atoms with E-state index in [1.54, 1.807) is 6.07 Å². The number of para-hydroxylation sites is 1. The topological polar surface area (TPSA) is 60.5 Å². The van der Waals surface area contributed by atoms with Gasteiger partial charge in [0.15, 0.2) is 5.13 Å². The lowest BCUT2D eigenvalue weighted by Gasteiger charge is -2.07. The summed E-state index contributed by atoms with van der Waals surface area (Å²) in [4.78, 5) is 16.7. The van der Waals surface area contributed by atoms with E-state index in [0.29, 0.717) is 21.1 Å². The van der Waals surface area contributed by atoms with Crippen LogP contribution in [0, 0.1) is 0 Å². The van der Waals surface area contributed by atoms with Gasteiger partial charge in [-0.15, -0.1) is 13.2 Å². The summed E-state index contributed by atoms with van der Waals surface area (Å²) in [5.74, 6) is -0.390. The number of amides is 1. The molecule has 0 bridgehead atoms. The highest BCUT2D eigenvalue weighted by atomic mass is 32.1. The monoisotopic (exact) mass is 380 g/mol. The smallest absolute Gasteiger partial charge is 0.492 e. The summed E-state index contributed by atoms with van der Waals surface area (Å²) in [6.07, 6.45) is -4.76. The lowest BCUT2D eigenvalue weighted by molar-refractivity contribution is -0.274. The van der Waals surface area contributed by atoms with Gasteiger partial charge in [0.2, 0.25) is 5.91 Å². The molecule has 4 rings (SSSR count). The summed E-state index contributed by atoms with van der Waals surface area (Å²) in [7, 11) is 0. The quantitative estimate of drug-likeness (QED) is 0.736. The molecular formula is C17H11F3N2O3S. The third-order valence-electron chi connectivity index (χ3n) is 3.84. The Hall–Kier alpha value is -2.81. The highest BCUT2D eigenvalue weighted by Crippen LogP contribution is 2.36. The Bertz CT molecular complexity index is 987. The van der Waals surface area contributed by atoms with Crippen LogP contribution in [0.15, 0.2) is 42.5 Å². The van der Waals surface area contributed by atoms with Crippen LogP contribution < -0.4 is 14.8 Å². The number of hydrogen-bond acceptors (Lipinski definition) is 5. The molecule has 1 N–H and O–H groups in total. The van der Waals surface area contributed by atoms with Crippen LogP contribution in [0.25, 0.3) is 10.2 Å². The Balaban J connectivity index is 1.53. The Kier molecular flexibility index (Phi) is 3.95. The van der Waals surface area contributed by atoms with Crippen molar-refractivity contribution >= 4 is 32.6 Å². The molecule has 1 amide bonds. The molecule has 2 aromatic carbocycles. The molecule has 5 nitrogen and oxygen atoms in total. The maximum absolute atomic E-state index is 12.5. The molecule has 1 atom stereocenters. The second kappa shape index (κ2) is 6.17. The van der Waals surface area contributed by atoms with Crippen molar-refractivity contribution in [3.05, 3.63) is 48.0 Å². The fourth-order valence-corrected chi connectivity index (χ4v) is 3.62. The number of halogens is 3. The Morgan fingerprint density at radius 3 is 2.88 bits per heavy atom. The minimum absolute atomic E-state index is 0.236. The van der Waals surface area contributed by atoms with Crippen LogP contribution in [-0.4, -0.2) is 23.9 Å². The summed E-state index contributed by atoms with van der Waals surface area (Å²) in [5.41, 5.74) is 1.27. The van der Waals surface area contributed by atoms with Gasteiger partial charge in [-0.3, -0.25) is 4.79 Å². The number of benzene rings is 2. The van der Waals surface area contributed by atoms with Gasteiger partial charge in [-0.05, 0) is 18.2 Å². The maximum atomic E-state index is 12.5. The predicted octanol–water partition coefficient (Wildman–Crippen LogP) is 4.31. The number of nitrogens with zero attached hydrogens (tertiary/aromatic N) is 1. The molecule has 3 aromatic rings. The maximum Gasteiger partial charge on any atom is 0.573 e. The van der Waals surface area contributed by atoms with Crippen molar-refractivity contribution in [1.82, 2.24) is 4.98 Å². The van der Waals surface area contributed by atoms with Gasteiger partial charge in [0.1, 0.15) is 24.0 Å². The van der Waals surface area contributed by atoms with Crippen molar-refractivity contribution in [2.75, 3.05) is 11.9 Å². The van der Waals surface area contributed by atoms with E-state index in [2.05, 4.69) is 15.0 Å². The zero-order chi connectivity index (χ0) is 18.3. The molecule has 0 spiro atoms. The van der Waals surface area contributed by atoms with E-state index < -0.39 is 12.3 Å².